The normalized spacial score (nSPS) is 17.3. The first kappa shape index (κ1) is 14.5. The zero-order valence-electron chi connectivity index (χ0n) is 12.2. The van der Waals surface area contributed by atoms with Gasteiger partial charge < -0.3 is 0 Å². The van der Waals surface area contributed by atoms with Gasteiger partial charge in [-0.1, -0.05) is 40.2 Å². The van der Waals surface area contributed by atoms with Gasteiger partial charge in [-0.05, 0) is 67.0 Å². The Morgan fingerprint density at radius 3 is 2.86 bits per heavy atom. The minimum Gasteiger partial charge on any atom is -0.294 e. The number of rotatable bonds is 3. The second-order valence-corrected chi connectivity index (χ2v) is 6.85. The maximum Gasteiger partial charge on any atom is 0.163 e. The second-order valence-electron chi connectivity index (χ2n) is 5.93. The molecular weight excluding hydrogens is 324 g/mol. The molecule has 2 aromatic rings. The zero-order chi connectivity index (χ0) is 14.8. The van der Waals surface area contributed by atoms with Gasteiger partial charge in [-0.3, -0.25) is 4.79 Å². The highest BCUT2D eigenvalue weighted by molar-refractivity contribution is 9.10. The molecule has 2 heteroatoms. The lowest BCUT2D eigenvalue weighted by Crippen LogP contribution is -2.14. The molecule has 108 valence electrons. The van der Waals surface area contributed by atoms with Crippen LogP contribution < -0.4 is 0 Å². The average molecular weight is 343 g/mol. The van der Waals surface area contributed by atoms with Gasteiger partial charge in [0.25, 0.3) is 0 Å². The quantitative estimate of drug-likeness (QED) is 0.677. The number of benzene rings is 2. The average Bonchev–Trinajstić information content (AvgIpc) is 2.46. The highest BCUT2D eigenvalue weighted by Gasteiger charge is 2.22. The van der Waals surface area contributed by atoms with E-state index in [-0.39, 0.29) is 5.78 Å². The van der Waals surface area contributed by atoms with Crippen LogP contribution >= 0.6 is 15.9 Å². The van der Waals surface area contributed by atoms with Crippen molar-refractivity contribution in [3.8, 4) is 0 Å². The number of aryl methyl sites for hydroxylation is 2. The number of carbonyl (C=O) groups is 1. The number of fused-ring (bicyclic) bond motifs is 1. The Bertz CT molecular complexity index is 655. The fourth-order valence-corrected chi connectivity index (χ4v) is 3.91. The van der Waals surface area contributed by atoms with Crippen molar-refractivity contribution in [1.82, 2.24) is 0 Å². The molecule has 0 heterocycles. The van der Waals surface area contributed by atoms with Crippen LogP contribution in [0.25, 0.3) is 0 Å². The van der Waals surface area contributed by atoms with E-state index in [4.69, 9.17) is 0 Å². The standard InChI is InChI=1S/C19H19BrO/c1-13-9-16(11-17(20)10-13)19(21)12-15-7-4-6-14-5-2-3-8-18(14)15/h2-3,5,8-11,15H,4,6-7,12H2,1H3. The lowest BCUT2D eigenvalue weighted by molar-refractivity contribution is 0.0971. The van der Waals surface area contributed by atoms with Crippen LogP contribution in [0.2, 0.25) is 0 Å². The van der Waals surface area contributed by atoms with Crippen LogP contribution in [0.1, 0.15) is 52.2 Å². The number of halogens is 1. The van der Waals surface area contributed by atoms with E-state index in [1.54, 1.807) is 0 Å². The molecule has 0 radical (unpaired) electrons. The van der Waals surface area contributed by atoms with Crippen molar-refractivity contribution in [3.63, 3.8) is 0 Å². The summed E-state index contributed by atoms with van der Waals surface area (Å²) in [4.78, 5) is 12.6. The summed E-state index contributed by atoms with van der Waals surface area (Å²) in [6.07, 6.45) is 4.08. The molecule has 1 aliphatic carbocycles. The molecule has 0 saturated heterocycles. The van der Waals surface area contributed by atoms with E-state index in [1.807, 2.05) is 25.1 Å². The monoisotopic (exact) mass is 342 g/mol. The topological polar surface area (TPSA) is 17.1 Å². The summed E-state index contributed by atoms with van der Waals surface area (Å²) in [5, 5.41) is 0. The number of Topliss-reactive ketones (excluding diaryl/α,β-unsaturated/α-hetero) is 1. The largest absolute Gasteiger partial charge is 0.294 e. The van der Waals surface area contributed by atoms with Gasteiger partial charge in [-0.15, -0.1) is 0 Å². The first-order valence-corrected chi connectivity index (χ1v) is 8.31. The molecule has 3 rings (SSSR count). The van der Waals surface area contributed by atoms with Crippen molar-refractivity contribution in [2.75, 3.05) is 0 Å². The van der Waals surface area contributed by atoms with E-state index in [9.17, 15) is 4.79 Å². The van der Waals surface area contributed by atoms with E-state index in [1.165, 1.54) is 17.5 Å². The molecule has 0 bridgehead atoms. The highest BCUT2D eigenvalue weighted by atomic mass is 79.9. The highest BCUT2D eigenvalue weighted by Crippen LogP contribution is 2.34. The molecule has 0 fully saturated rings. The van der Waals surface area contributed by atoms with Gasteiger partial charge in [0.1, 0.15) is 0 Å². The Labute approximate surface area is 134 Å². The minimum atomic E-state index is 0.251. The van der Waals surface area contributed by atoms with Crippen molar-refractivity contribution in [2.45, 2.75) is 38.5 Å². The van der Waals surface area contributed by atoms with Crippen LogP contribution in [-0.2, 0) is 6.42 Å². The first-order valence-electron chi connectivity index (χ1n) is 7.51. The molecule has 1 aliphatic rings. The Hall–Kier alpha value is -1.41. The SMILES string of the molecule is Cc1cc(Br)cc(C(=O)CC2CCCc3ccccc32)c1. The molecule has 2 aromatic carbocycles. The molecule has 0 spiro atoms. The first-order chi connectivity index (χ1) is 10.1. The van der Waals surface area contributed by atoms with Gasteiger partial charge in [-0.2, -0.15) is 0 Å². The van der Waals surface area contributed by atoms with Crippen molar-refractivity contribution < 1.29 is 4.79 Å². The third-order valence-electron chi connectivity index (χ3n) is 4.29. The molecule has 21 heavy (non-hydrogen) atoms. The molecule has 0 aliphatic heterocycles. The third-order valence-corrected chi connectivity index (χ3v) is 4.75. The fraction of sp³-hybridized carbons (Fsp3) is 0.316. The van der Waals surface area contributed by atoms with E-state index in [0.717, 1.165) is 28.4 Å². The molecule has 0 amide bonds. The molecular formula is C19H19BrO. The van der Waals surface area contributed by atoms with Gasteiger partial charge in [-0.25, -0.2) is 0 Å². The van der Waals surface area contributed by atoms with Crippen LogP contribution in [-0.4, -0.2) is 5.78 Å². The zero-order valence-corrected chi connectivity index (χ0v) is 13.8. The maximum absolute atomic E-state index is 12.6. The van der Waals surface area contributed by atoms with Gasteiger partial charge >= 0.3 is 0 Å². The lowest BCUT2D eigenvalue weighted by Gasteiger charge is -2.25. The Balaban J connectivity index is 1.82. The molecule has 0 saturated carbocycles. The fourth-order valence-electron chi connectivity index (χ4n) is 3.31. The van der Waals surface area contributed by atoms with Crippen molar-refractivity contribution in [3.05, 3.63) is 69.2 Å². The Morgan fingerprint density at radius 1 is 1.24 bits per heavy atom. The van der Waals surface area contributed by atoms with Crippen LogP contribution in [0.3, 0.4) is 0 Å². The molecule has 1 nitrogen and oxygen atoms in total. The van der Waals surface area contributed by atoms with E-state index in [0.29, 0.717) is 12.3 Å². The summed E-state index contributed by atoms with van der Waals surface area (Å²) >= 11 is 3.48. The minimum absolute atomic E-state index is 0.251. The molecule has 1 atom stereocenters. The molecule has 0 N–H and O–H groups in total. The van der Waals surface area contributed by atoms with E-state index in [2.05, 4.69) is 40.2 Å². The third kappa shape index (κ3) is 3.26. The summed E-state index contributed by atoms with van der Waals surface area (Å²) in [5.74, 6) is 0.628. The van der Waals surface area contributed by atoms with Gasteiger partial charge in [0.05, 0.1) is 0 Å². The van der Waals surface area contributed by atoms with Crippen molar-refractivity contribution in [2.24, 2.45) is 0 Å². The summed E-state index contributed by atoms with van der Waals surface area (Å²) in [5.41, 5.74) is 4.75. The van der Waals surface area contributed by atoms with Crippen LogP contribution in [0.5, 0.6) is 0 Å². The number of hydrogen-bond donors (Lipinski definition) is 0. The molecule has 0 aromatic heterocycles. The number of ketones is 1. The van der Waals surface area contributed by atoms with Crippen molar-refractivity contribution in [1.29, 1.82) is 0 Å². The number of carbonyl (C=O) groups excluding carboxylic acids is 1. The summed E-state index contributed by atoms with van der Waals surface area (Å²) in [7, 11) is 0. The molecule has 1 unspecified atom stereocenters. The predicted octanol–water partition coefficient (Wildman–Crippen LogP) is 5.45. The van der Waals surface area contributed by atoms with Crippen LogP contribution in [0, 0.1) is 6.92 Å². The maximum atomic E-state index is 12.6. The van der Waals surface area contributed by atoms with E-state index >= 15 is 0 Å². The van der Waals surface area contributed by atoms with Crippen LogP contribution in [0.15, 0.2) is 46.9 Å². The smallest absolute Gasteiger partial charge is 0.163 e. The van der Waals surface area contributed by atoms with Crippen molar-refractivity contribution >= 4 is 21.7 Å². The van der Waals surface area contributed by atoms with Gasteiger partial charge in [0.2, 0.25) is 0 Å². The summed E-state index contributed by atoms with van der Waals surface area (Å²) in [6.45, 7) is 2.03. The lowest BCUT2D eigenvalue weighted by atomic mass is 9.79. The Kier molecular flexibility index (Phi) is 4.25. The predicted molar refractivity (Wildman–Crippen MR) is 89.9 cm³/mol. The van der Waals surface area contributed by atoms with Gasteiger partial charge in [0, 0.05) is 16.5 Å². The second kappa shape index (κ2) is 6.15. The summed E-state index contributed by atoms with van der Waals surface area (Å²) in [6, 6.07) is 14.5. The van der Waals surface area contributed by atoms with Crippen LogP contribution in [0.4, 0.5) is 0 Å². The van der Waals surface area contributed by atoms with E-state index < -0.39 is 0 Å². The van der Waals surface area contributed by atoms with Gasteiger partial charge in [0.15, 0.2) is 5.78 Å². The Morgan fingerprint density at radius 2 is 2.05 bits per heavy atom. The summed E-state index contributed by atoms with van der Waals surface area (Å²) < 4.78 is 0.981. The number of hydrogen-bond acceptors (Lipinski definition) is 1.